The number of nitrogens with zero attached hydrogens (tertiary/aromatic N) is 1. The number of ether oxygens (including phenoxy) is 1. The first-order valence-electron chi connectivity index (χ1n) is 5.64. The van der Waals surface area contributed by atoms with Gasteiger partial charge in [0, 0.05) is 11.8 Å². The molecule has 0 aliphatic carbocycles. The summed E-state index contributed by atoms with van der Waals surface area (Å²) in [6, 6.07) is 11.0. The number of benzene rings is 1. The van der Waals surface area contributed by atoms with Crippen LogP contribution in [0.3, 0.4) is 0 Å². The van der Waals surface area contributed by atoms with Crippen molar-refractivity contribution in [2.45, 2.75) is 6.92 Å². The second-order valence-corrected chi connectivity index (χ2v) is 3.67. The molecule has 18 heavy (non-hydrogen) atoms. The molecule has 0 amide bonds. The highest BCUT2D eigenvalue weighted by molar-refractivity contribution is 5.88. The Labute approximate surface area is 105 Å². The zero-order valence-corrected chi connectivity index (χ0v) is 9.96. The highest BCUT2D eigenvalue weighted by Crippen LogP contribution is 2.28. The van der Waals surface area contributed by atoms with Gasteiger partial charge in [0.05, 0.1) is 12.2 Å². The lowest BCUT2D eigenvalue weighted by molar-refractivity contribution is 0.0696. The van der Waals surface area contributed by atoms with Gasteiger partial charge in [-0.05, 0) is 13.0 Å². The van der Waals surface area contributed by atoms with E-state index in [0.29, 0.717) is 18.1 Å². The van der Waals surface area contributed by atoms with E-state index in [2.05, 4.69) is 4.98 Å². The van der Waals surface area contributed by atoms with Crippen molar-refractivity contribution in [3.8, 4) is 17.0 Å². The molecule has 1 N–H and O–H groups in total. The highest BCUT2D eigenvalue weighted by Gasteiger charge is 2.12. The lowest BCUT2D eigenvalue weighted by Crippen LogP contribution is -2.02. The molecule has 0 aliphatic heterocycles. The maximum absolute atomic E-state index is 10.9. The summed E-state index contributed by atoms with van der Waals surface area (Å²) in [4.78, 5) is 15.1. The number of hydrogen-bond acceptors (Lipinski definition) is 3. The van der Waals surface area contributed by atoms with E-state index >= 15 is 0 Å². The smallest absolute Gasteiger partial charge is 0.337 e. The largest absolute Gasteiger partial charge is 0.492 e. The second kappa shape index (κ2) is 5.31. The zero-order chi connectivity index (χ0) is 13.0. The van der Waals surface area contributed by atoms with Crippen molar-refractivity contribution in [1.29, 1.82) is 0 Å². The van der Waals surface area contributed by atoms with Crippen molar-refractivity contribution in [2.75, 3.05) is 6.61 Å². The fourth-order valence-corrected chi connectivity index (χ4v) is 1.64. The van der Waals surface area contributed by atoms with Crippen LogP contribution in [-0.2, 0) is 0 Å². The van der Waals surface area contributed by atoms with Gasteiger partial charge in [-0.2, -0.15) is 0 Å². The first-order valence-corrected chi connectivity index (χ1v) is 5.64. The van der Waals surface area contributed by atoms with Crippen LogP contribution in [0.15, 0.2) is 42.6 Å². The summed E-state index contributed by atoms with van der Waals surface area (Å²) < 4.78 is 5.46. The van der Waals surface area contributed by atoms with Gasteiger partial charge in [0.15, 0.2) is 0 Å². The quantitative estimate of drug-likeness (QED) is 0.897. The summed E-state index contributed by atoms with van der Waals surface area (Å²) in [6.45, 7) is 2.31. The van der Waals surface area contributed by atoms with Crippen LogP contribution in [-0.4, -0.2) is 22.7 Å². The fourth-order valence-electron chi connectivity index (χ4n) is 1.64. The molecule has 2 rings (SSSR count). The molecule has 0 fully saturated rings. The lowest BCUT2D eigenvalue weighted by Gasteiger charge is -2.10. The monoisotopic (exact) mass is 243 g/mol. The number of carboxylic acids is 1. The van der Waals surface area contributed by atoms with E-state index in [1.54, 1.807) is 0 Å². The molecule has 1 heterocycles. The Bertz CT molecular complexity index is 552. The van der Waals surface area contributed by atoms with Gasteiger partial charge < -0.3 is 9.84 Å². The van der Waals surface area contributed by atoms with Crippen molar-refractivity contribution in [2.24, 2.45) is 0 Å². The number of carbonyl (C=O) groups is 1. The molecule has 1 aromatic carbocycles. The van der Waals surface area contributed by atoms with Crippen LogP contribution in [0, 0.1) is 0 Å². The Morgan fingerprint density at radius 1 is 1.33 bits per heavy atom. The Kier molecular flexibility index (Phi) is 3.57. The van der Waals surface area contributed by atoms with E-state index in [1.807, 2.05) is 37.3 Å². The predicted molar refractivity (Wildman–Crippen MR) is 67.8 cm³/mol. The molecular formula is C14H13NO3. The van der Waals surface area contributed by atoms with Gasteiger partial charge >= 0.3 is 5.97 Å². The highest BCUT2D eigenvalue weighted by atomic mass is 16.5. The third-order valence-electron chi connectivity index (χ3n) is 2.45. The molecule has 1 aromatic heterocycles. The summed E-state index contributed by atoms with van der Waals surface area (Å²) in [5.41, 5.74) is 1.68. The van der Waals surface area contributed by atoms with Gasteiger partial charge in [0.2, 0.25) is 0 Å². The molecule has 0 radical (unpaired) electrons. The number of rotatable bonds is 4. The summed E-state index contributed by atoms with van der Waals surface area (Å²) in [7, 11) is 0. The third-order valence-corrected chi connectivity index (χ3v) is 2.45. The normalized spacial score (nSPS) is 10.1. The minimum Gasteiger partial charge on any atom is -0.492 e. The van der Waals surface area contributed by atoms with E-state index in [-0.39, 0.29) is 5.56 Å². The summed E-state index contributed by atoms with van der Waals surface area (Å²) in [5, 5.41) is 8.94. The minimum absolute atomic E-state index is 0.123. The van der Waals surface area contributed by atoms with Crippen LogP contribution < -0.4 is 4.74 Å². The average molecular weight is 243 g/mol. The molecule has 92 valence electrons. The second-order valence-electron chi connectivity index (χ2n) is 3.67. The molecule has 4 nitrogen and oxygen atoms in total. The first kappa shape index (κ1) is 12.1. The van der Waals surface area contributed by atoms with Crippen molar-refractivity contribution >= 4 is 5.97 Å². The third kappa shape index (κ3) is 2.48. The van der Waals surface area contributed by atoms with E-state index < -0.39 is 5.97 Å². The van der Waals surface area contributed by atoms with E-state index in [0.717, 1.165) is 5.56 Å². The predicted octanol–water partition coefficient (Wildman–Crippen LogP) is 2.85. The Morgan fingerprint density at radius 3 is 2.67 bits per heavy atom. The summed E-state index contributed by atoms with van der Waals surface area (Å²) in [6.07, 6.45) is 1.34. The van der Waals surface area contributed by atoms with E-state index in [9.17, 15) is 4.79 Å². The van der Waals surface area contributed by atoms with E-state index in [1.165, 1.54) is 12.3 Å². The molecule has 4 heteroatoms. The molecular weight excluding hydrogens is 230 g/mol. The Morgan fingerprint density at radius 2 is 2.06 bits per heavy atom. The minimum atomic E-state index is -1.01. The molecule has 0 atom stereocenters. The topological polar surface area (TPSA) is 59.4 Å². The molecule has 2 aromatic rings. The van der Waals surface area contributed by atoms with Crippen molar-refractivity contribution in [3.05, 3.63) is 48.2 Å². The van der Waals surface area contributed by atoms with Crippen LogP contribution in [0.4, 0.5) is 0 Å². The number of aromatic carboxylic acids is 1. The number of hydrogen-bond donors (Lipinski definition) is 1. The van der Waals surface area contributed by atoms with Gasteiger partial charge in [-0.15, -0.1) is 0 Å². The number of carboxylic acid groups (broad SMARTS) is 1. The first-order chi connectivity index (χ1) is 8.72. The summed E-state index contributed by atoms with van der Waals surface area (Å²) >= 11 is 0. The van der Waals surface area contributed by atoms with Gasteiger partial charge in [0.25, 0.3) is 0 Å². The fraction of sp³-hybridized carbons (Fsp3) is 0.143. The van der Waals surface area contributed by atoms with Gasteiger partial charge in [-0.3, -0.25) is 4.98 Å². The summed E-state index contributed by atoms with van der Waals surface area (Å²) in [5.74, 6) is -0.522. The standard InChI is InChI=1S/C14H13NO3/c1-2-18-12-8-11(14(16)17)9-15-13(12)10-6-4-3-5-7-10/h3-9H,2H2,1H3,(H,16,17). The Hall–Kier alpha value is -2.36. The van der Waals surface area contributed by atoms with Crippen molar-refractivity contribution in [1.82, 2.24) is 4.98 Å². The van der Waals surface area contributed by atoms with E-state index in [4.69, 9.17) is 9.84 Å². The van der Waals surface area contributed by atoms with Gasteiger partial charge in [0.1, 0.15) is 11.4 Å². The van der Waals surface area contributed by atoms with Gasteiger partial charge in [-0.1, -0.05) is 30.3 Å². The molecule has 0 unspecified atom stereocenters. The lowest BCUT2D eigenvalue weighted by atomic mass is 10.1. The Balaban J connectivity index is 2.50. The van der Waals surface area contributed by atoms with Crippen LogP contribution in [0.5, 0.6) is 5.75 Å². The van der Waals surface area contributed by atoms with Gasteiger partial charge in [-0.25, -0.2) is 4.79 Å². The van der Waals surface area contributed by atoms with Crippen LogP contribution in [0.25, 0.3) is 11.3 Å². The molecule has 0 saturated carbocycles. The number of pyridine rings is 1. The van der Waals surface area contributed by atoms with Crippen LogP contribution >= 0.6 is 0 Å². The molecule has 0 spiro atoms. The molecule has 0 aliphatic rings. The molecule has 0 bridgehead atoms. The van der Waals surface area contributed by atoms with Crippen molar-refractivity contribution in [3.63, 3.8) is 0 Å². The maximum Gasteiger partial charge on any atom is 0.337 e. The SMILES string of the molecule is CCOc1cc(C(=O)O)cnc1-c1ccccc1. The average Bonchev–Trinajstić information content (AvgIpc) is 2.40. The van der Waals surface area contributed by atoms with Crippen molar-refractivity contribution < 1.29 is 14.6 Å². The zero-order valence-electron chi connectivity index (χ0n) is 9.96. The van der Waals surface area contributed by atoms with Crippen LogP contribution in [0.2, 0.25) is 0 Å². The maximum atomic E-state index is 10.9. The molecule has 0 saturated heterocycles. The number of aromatic nitrogens is 1. The van der Waals surface area contributed by atoms with Crippen LogP contribution in [0.1, 0.15) is 17.3 Å².